The minimum absolute atomic E-state index is 0.219. The van der Waals surface area contributed by atoms with E-state index in [4.69, 9.17) is 9.47 Å². The van der Waals surface area contributed by atoms with Gasteiger partial charge in [-0.25, -0.2) is 8.78 Å². The van der Waals surface area contributed by atoms with Crippen molar-refractivity contribution in [2.75, 3.05) is 11.9 Å². The van der Waals surface area contributed by atoms with Crippen molar-refractivity contribution in [3.63, 3.8) is 0 Å². The van der Waals surface area contributed by atoms with E-state index < -0.39 is 23.6 Å². The van der Waals surface area contributed by atoms with E-state index in [1.165, 1.54) is 0 Å². The lowest BCUT2D eigenvalue weighted by Crippen LogP contribution is -2.26. The summed E-state index contributed by atoms with van der Waals surface area (Å²) >= 11 is 0. The van der Waals surface area contributed by atoms with Crippen molar-refractivity contribution in [1.82, 2.24) is 0 Å². The molecule has 0 saturated heterocycles. The zero-order valence-corrected chi connectivity index (χ0v) is 15.2. The second-order valence-corrected chi connectivity index (χ2v) is 5.90. The topological polar surface area (TPSA) is 47.6 Å². The van der Waals surface area contributed by atoms with Gasteiger partial charge in [0.1, 0.15) is 11.6 Å². The van der Waals surface area contributed by atoms with Crippen molar-refractivity contribution < 1.29 is 23.0 Å². The number of rotatable bonds is 7. The quantitative estimate of drug-likeness (QED) is 0.616. The first kappa shape index (κ1) is 19.4. The number of carbonyl (C=O) groups excluding carboxylic acids is 1. The molecule has 0 aliphatic carbocycles. The molecule has 0 saturated carbocycles. The Kier molecular flexibility index (Phi) is 6.22. The average molecular weight is 383 g/mol. The number of amides is 1. The molecular weight excluding hydrogens is 364 g/mol. The summed E-state index contributed by atoms with van der Waals surface area (Å²) in [5.74, 6) is -1.83. The van der Waals surface area contributed by atoms with Crippen LogP contribution < -0.4 is 14.8 Å². The second kappa shape index (κ2) is 8.99. The van der Waals surface area contributed by atoms with E-state index in [1.54, 1.807) is 54.6 Å². The van der Waals surface area contributed by atoms with Crippen molar-refractivity contribution in [2.24, 2.45) is 0 Å². The summed E-state index contributed by atoms with van der Waals surface area (Å²) in [5.41, 5.74) is 0.996. The fourth-order valence-corrected chi connectivity index (χ4v) is 2.65. The van der Waals surface area contributed by atoms with Gasteiger partial charge in [0, 0.05) is 11.6 Å². The Morgan fingerprint density at radius 1 is 0.964 bits per heavy atom. The summed E-state index contributed by atoms with van der Waals surface area (Å²) in [6, 6.07) is 18.6. The molecular formula is C22H19F2NO3. The van der Waals surface area contributed by atoms with Crippen LogP contribution in [0.25, 0.3) is 0 Å². The summed E-state index contributed by atoms with van der Waals surface area (Å²) in [6.07, 6.45) is -1.14. The van der Waals surface area contributed by atoms with Crippen LogP contribution in [0.1, 0.15) is 18.6 Å². The Morgan fingerprint density at radius 2 is 1.68 bits per heavy atom. The normalized spacial score (nSPS) is 11.5. The molecule has 0 aliphatic heterocycles. The van der Waals surface area contributed by atoms with E-state index in [0.717, 1.165) is 12.1 Å². The highest BCUT2D eigenvalue weighted by atomic mass is 19.1. The number of hydrogen-bond donors (Lipinski definition) is 1. The number of anilines is 1. The van der Waals surface area contributed by atoms with Crippen LogP contribution in [0.15, 0.2) is 72.8 Å². The summed E-state index contributed by atoms with van der Waals surface area (Å²) in [6.45, 7) is 2.28. The maximum absolute atomic E-state index is 14.1. The molecule has 0 fully saturated rings. The standard InChI is InChI=1S/C22H19F2NO3/c1-2-27-20-11-7-6-10-18(20)25-22(26)21(15-8-4-3-5-9-15)28-19-13-12-16(23)14-17(19)24/h3-14,21H,2H2,1H3,(H,25,26)/t21-/m1/s1. The van der Waals surface area contributed by atoms with Gasteiger partial charge in [0.05, 0.1) is 12.3 Å². The number of hydrogen-bond acceptors (Lipinski definition) is 3. The molecule has 1 N–H and O–H groups in total. The second-order valence-electron chi connectivity index (χ2n) is 5.90. The number of para-hydroxylation sites is 2. The predicted octanol–water partition coefficient (Wildman–Crippen LogP) is 5.12. The lowest BCUT2D eigenvalue weighted by Gasteiger charge is -2.20. The molecule has 3 aromatic carbocycles. The third-order valence-corrected chi connectivity index (χ3v) is 3.92. The highest BCUT2D eigenvalue weighted by Crippen LogP contribution is 2.29. The Morgan fingerprint density at radius 3 is 2.39 bits per heavy atom. The largest absolute Gasteiger partial charge is 0.492 e. The SMILES string of the molecule is CCOc1ccccc1NC(=O)[C@H](Oc1ccc(F)cc1F)c1ccccc1. The van der Waals surface area contributed by atoms with E-state index >= 15 is 0 Å². The van der Waals surface area contributed by atoms with Crippen molar-refractivity contribution in [1.29, 1.82) is 0 Å². The van der Waals surface area contributed by atoms with Gasteiger partial charge in [0.25, 0.3) is 5.91 Å². The smallest absolute Gasteiger partial charge is 0.270 e. The monoisotopic (exact) mass is 383 g/mol. The molecule has 0 aliphatic rings. The van der Waals surface area contributed by atoms with Crippen LogP contribution >= 0.6 is 0 Å². The average Bonchev–Trinajstić information content (AvgIpc) is 2.69. The van der Waals surface area contributed by atoms with Crippen LogP contribution in [0, 0.1) is 11.6 Å². The molecule has 0 aromatic heterocycles. The zero-order valence-electron chi connectivity index (χ0n) is 15.2. The molecule has 0 bridgehead atoms. The van der Waals surface area contributed by atoms with Gasteiger partial charge in [0.2, 0.25) is 6.10 Å². The van der Waals surface area contributed by atoms with Gasteiger partial charge in [-0.15, -0.1) is 0 Å². The molecule has 144 valence electrons. The molecule has 0 heterocycles. The van der Waals surface area contributed by atoms with Gasteiger partial charge in [-0.05, 0) is 31.2 Å². The molecule has 3 aromatic rings. The van der Waals surface area contributed by atoms with Gasteiger partial charge in [-0.2, -0.15) is 0 Å². The number of benzene rings is 3. The third kappa shape index (κ3) is 4.65. The van der Waals surface area contributed by atoms with Crippen LogP contribution in [0.3, 0.4) is 0 Å². The minimum Gasteiger partial charge on any atom is -0.492 e. The maximum atomic E-state index is 14.1. The van der Waals surface area contributed by atoms with E-state index in [1.807, 2.05) is 6.92 Å². The van der Waals surface area contributed by atoms with Crippen LogP contribution in [-0.2, 0) is 4.79 Å². The van der Waals surface area contributed by atoms with Gasteiger partial charge in [-0.1, -0.05) is 42.5 Å². The fourth-order valence-electron chi connectivity index (χ4n) is 2.65. The molecule has 0 radical (unpaired) electrons. The van der Waals surface area contributed by atoms with Crippen molar-refractivity contribution in [3.05, 3.63) is 90.0 Å². The number of halogens is 2. The number of carbonyl (C=O) groups is 1. The zero-order chi connectivity index (χ0) is 19.9. The first-order chi connectivity index (χ1) is 13.6. The van der Waals surface area contributed by atoms with Crippen LogP contribution in [0.2, 0.25) is 0 Å². The highest BCUT2D eigenvalue weighted by Gasteiger charge is 2.25. The molecule has 0 spiro atoms. The Labute approximate surface area is 161 Å². The lowest BCUT2D eigenvalue weighted by molar-refractivity contribution is -0.123. The minimum atomic E-state index is -1.14. The Bertz CT molecular complexity index is 948. The van der Waals surface area contributed by atoms with Crippen molar-refractivity contribution >= 4 is 11.6 Å². The third-order valence-electron chi connectivity index (χ3n) is 3.92. The van der Waals surface area contributed by atoms with Crippen LogP contribution in [0.5, 0.6) is 11.5 Å². The molecule has 28 heavy (non-hydrogen) atoms. The lowest BCUT2D eigenvalue weighted by atomic mass is 10.1. The highest BCUT2D eigenvalue weighted by molar-refractivity contribution is 5.96. The molecule has 1 atom stereocenters. The molecule has 6 heteroatoms. The van der Waals surface area contributed by atoms with Crippen LogP contribution in [-0.4, -0.2) is 12.5 Å². The fraction of sp³-hybridized carbons (Fsp3) is 0.136. The first-order valence-electron chi connectivity index (χ1n) is 8.78. The summed E-state index contributed by atoms with van der Waals surface area (Å²) in [7, 11) is 0. The molecule has 4 nitrogen and oxygen atoms in total. The van der Waals surface area contributed by atoms with Gasteiger partial charge < -0.3 is 14.8 Å². The van der Waals surface area contributed by atoms with E-state index in [2.05, 4.69) is 5.32 Å². The van der Waals surface area contributed by atoms with E-state index in [-0.39, 0.29) is 5.75 Å². The van der Waals surface area contributed by atoms with Gasteiger partial charge in [0.15, 0.2) is 11.6 Å². The maximum Gasteiger partial charge on any atom is 0.270 e. The number of nitrogens with one attached hydrogen (secondary N) is 1. The summed E-state index contributed by atoms with van der Waals surface area (Å²) in [4.78, 5) is 13.0. The van der Waals surface area contributed by atoms with Crippen molar-refractivity contribution in [3.8, 4) is 11.5 Å². The van der Waals surface area contributed by atoms with Gasteiger partial charge in [-0.3, -0.25) is 4.79 Å². The summed E-state index contributed by atoms with van der Waals surface area (Å²) in [5, 5.41) is 2.76. The van der Waals surface area contributed by atoms with E-state index in [0.29, 0.717) is 29.7 Å². The first-order valence-corrected chi connectivity index (χ1v) is 8.78. The Balaban J connectivity index is 1.90. The number of ether oxygens (including phenoxy) is 2. The molecule has 3 rings (SSSR count). The molecule has 0 unspecified atom stereocenters. The predicted molar refractivity (Wildman–Crippen MR) is 102 cm³/mol. The van der Waals surface area contributed by atoms with E-state index in [9.17, 15) is 13.6 Å². The van der Waals surface area contributed by atoms with Crippen molar-refractivity contribution in [2.45, 2.75) is 13.0 Å². The Hall–Kier alpha value is -3.41. The van der Waals surface area contributed by atoms with Crippen LogP contribution in [0.4, 0.5) is 14.5 Å². The van der Waals surface area contributed by atoms with Gasteiger partial charge >= 0.3 is 0 Å². The molecule has 1 amide bonds. The summed E-state index contributed by atoms with van der Waals surface area (Å²) < 4.78 is 38.4.